The van der Waals surface area contributed by atoms with Gasteiger partial charge >= 0.3 is 0 Å². The molecule has 0 bridgehead atoms. The molecule has 0 atom stereocenters. The molecule has 15 rings (SSSR count). The summed E-state index contributed by atoms with van der Waals surface area (Å²) in [7, 11) is 0. The molecule has 98 heavy (non-hydrogen) atoms. The van der Waals surface area contributed by atoms with E-state index in [-0.39, 0.29) is 67.3 Å². The standard InChI is InChI=1S/C66H48N2.C18N12/c1-6-16-49(17-7-1)53-26-37-60(38-27-53)67(61-39-28-54(29-40-61)50-18-8-2-9-19-50)62-41-30-56(31-42-62)57-34-45-64(46-35-57)68(63-43-32-55(33-44-63)51-20-10-3-11-21-51)66-47-36-59(52-22-12-4-13-23-52)48-65(66)58-24-14-5-15-25-58;19-1-7-8(2-20)26-14-13(25-7)15-17(29-10(4-22)9(3-21)27-15)18-16(14)28-11(5-23)12(6-24)30-18/h1-48H;. The van der Waals surface area contributed by atoms with Gasteiger partial charge in [-0.1, -0.05) is 218 Å². The van der Waals surface area contributed by atoms with E-state index >= 15 is 0 Å². The summed E-state index contributed by atoms with van der Waals surface area (Å²) >= 11 is 0. The van der Waals surface area contributed by atoms with E-state index in [0.29, 0.717) is 0 Å². The first-order valence-electron chi connectivity index (χ1n) is 31.0. The number of nitriles is 6. The lowest BCUT2D eigenvalue weighted by Gasteiger charge is -2.29. The van der Waals surface area contributed by atoms with Gasteiger partial charge in [0.1, 0.15) is 69.5 Å². The minimum atomic E-state index is -0.294. The van der Waals surface area contributed by atoms with Crippen molar-refractivity contribution < 1.29 is 0 Å². The molecular weight excluding hydrogens is 1210 g/mol. The molecule has 0 radical (unpaired) electrons. The highest BCUT2D eigenvalue weighted by Crippen LogP contribution is 2.45. The van der Waals surface area contributed by atoms with Crippen molar-refractivity contribution in [2.45, 2.75) is 0 Å². The minimum Gasteiger partial charge on any atom is -0.311 e. The van der Waals surface area contributed by atoms with Crippen molar-refractivity contribution >= 4 is 67.2 Å². The fraction of sp³-hybridized carbons (Fsp3) is 0. The van der Waals surface area contributed by atoms with Gasteiger partial charge in [-0.3, -0.25) is 0 Å². The number of anilines is 6. The van der Waals surface area contributed by atoms with Crippen molar-refractivity contribution in [1.29, 1.82) is 31.6 Å². The minimum absolute atomic E-state index is 0.0237. The molecule has 0 saturated heterocycles. The lowest BCUT2D eigenvalue weighted by Crippen LogP contribution is -2.11. The summed E-state index contributed by atoms with van der Waals surface area (Å²) in [5.41, 5.74) is 18.8. The second kappa shape index (κ2) is 27.2. The quantitative estimate of drug-likeness (QED) is 0.104. The summed E-state index contributed by atoms with van der Waals surface area (Å²) in [5, 5.41) is 55.7. The zero-order valence-corrected chi connectivity index (χ0v) is 52.0. The van der Waals surface area contributed by atoms with Gasteiger partial charge in [0.2, 0.25) is 0 Å². The van der Waals surface area contributed by atoms with E-state index in [1.807, 2.05) is 0 Å². The van der Waals surface area contributed by atoms with E-state index in [0.717, 1.165) is 56.4 Å². The van der Waals surface area contributed by atoms with Gasteiger partial charge in [0.25, 0.3) is 0 Å². The molecule has 14 nitrogen and oxygen atoms in total. The maximum atomic E-state index is 9.29. The molecule has 14 heteroatoms. The van der Waals surface area contributed by atoms with Crippen molar-refractivity contribution in [1.82, 2.24) is 29.9 Å². The average Bonchev–Trinajstić information content (AvgIpc) is 0.729. The summed E-state index contributed by atoms with van der Waals surface area (Å²) < 4.78 is 0. The predicted molar refractivity (Wildman–Crippen MR) is 382 cm³/mol. The van der Waals surface area contributed by atoms with Crippen molar-refractivity contribution in [2.24, 2.45) is 0 Å². The number of hydrogen-bond acceptors (Lipinski definition) is 14. The number of benzene rings is 12. The van der Waals surface area contributed by atoms with Crippen LogP contribution in [0.25, 0.3) is 99.9 Å². The Hall–Kier alpha value is -14.8. The van der Waals surface area contributed by atoms with E-state index in [4.69, 9.17) is 0 Å². The van der Waals surface area contributed by atoms with Crippen LogP contribution < -0.4 is 9.80 Å². The van der Waals surface area contributed by atoms with Crippen molar-refractivity contribution in [3.63, 3.8) is 0 Å². The molecular formula is C84H48N14. The Morgan fingerprint density at radius 2 is 0.388 bits per heavy atom. The molecule has 454 valence electrons. The molecule has 0 aliphatic carbocycles. The molecule has 0 N–H and O–H groups in total. The Morgan fingerprint density at radius 1 is 0.194 bits per heavy atom. The molecule has 0 fully saturated rings. The predicted octanol–water partition coefficient (Wildman–Crippen LogP) is 19.4. The van der Waals surface area contributed by atoms with E-state index in [1.165, 1.54) is 44.5 Å². The number of fused-ring (bicyclic) bond motifs is 6. The van der Waals surface area contributed by atoms with Crippen molar-refractivity contribution in [3.05, 3.63) is 325 Å². The Balaban J connectivity index is 0.000000228. The molecule has 0 amide bonds. The van der Waals surface area contributed by atoms with E-state index in [1.54, 1.807) is 36.4 Å². The fourth-order valence-electron chi connectivity index (χ4n) is 11.9. The summed E-state index contributed by atoms with van der Waals surface area (Å²) in [4.78, 5) is 29.4. The highest BCUT2D eigenvalue weighted by molar-refractivity contribution is 6.18. The zero-order valence-electron chi connectivity index (χ0n) is 52.0. The molecule has 15 aromatic rings. The van der Waals surface area contributed by atoms with Gasteiger partial charge in [0.15, 0.2) is 34.2 Å². The third kappa shape index (κ3) is 12.0. The highest BCUT2D eigenvalue weighted by Gasteiger charge is 2.24. The Morgan fingerprint density at radius 3 is 0.622 bits per heavy atom. The number of hydrogen-bond donors (Lipinski definition) is 0. The largest absolute Gasteiger partial charge is 0.311 e. The van der Waals surface area contributed by atoms with Crippen LogP contribution in [0, 0.1) is 68.0 Å². The van der Waals surface area contributed by atoms with E-state index < -0.39 is 0 Å². The van der Waals surface area contributed by atoms with Gasteiger partial charge in [-0.15, -0.1) is 0 Å². The average molecular weight is 1250 g/mol. The van der Waals surface area contributed by atoms with Crippen LogP contribution >= 0.6 is 0 Å². The van der Waals surface area contributed by atoms with E-state index in [9.17, 15) is 31.6 Å². The fourth-order valence-corrected chi connectivity index (χ4v) is 11.9. The lowest BCUT2D eigenvalue weighted by atomic mass is 9.96. The summed E-state index contributed by atoms with van der Waals surface area (Å²) in [6.45, 7) is 0. The van der Waals surface area contributed by atoms with Crippen LogP contribution in [0.15, 0.2) is 291 Å². The first-order chi connectivity index (χ1) is 48.3. The number of rotatable bonds is 12. The molecule has 0 saturated carbocycles. The van der Waals surface area contributed by atoms with Crippen LogP contribution in [0.5, 0.6) is 0 Å². The monoisotopic (exact) mass is 1250 g/mol. The summed E-state index contributed by atoms with van der Waals surface area (Å²) in [5.74, 6) is 0. The van der Waals surface area contributed by atoms with Gasteiger partial charge in [0, 0.05) is 34.0 Å². The van der Waals surface area contributed by atoms with Gasteiger partial charge in [-0.25, -0.2) is 29.9 Å². The molecule has 0 spiro atoms. The molecule has 12 aromatic carbocycles. The van der Waals surface area contributed by atoms with Crippen LogP contribution in [0.1, 0.15) is 34.2 Å². The Labute approximate surface area is 563 Å². The van der Waals surface area contributed by atoms with Gasteiger partial charge < -0.3 is 9.80 Å². The summed E-state index contributed by atoms with van der Waals surface area (Å²) in [6, 6.07) is 115. The molecule has 3 heterocycles. The third-order valence-electron chi connectivity index (χ3n) is 16.7. The zero-order chi connectivity index (χ0) is 66.9. The van der Waals surface area contributed by atoms with Crippen LogP contribution in [0.2, 0.25) is 0 Å². The second-order valence-corrected chi connectivity index (χ2v) is 22.5. The summed E-state index contributed by atoms with van der Waals surface area (Å²) in [6.07, 6.45) is 0. The lowest BCUT2D eigenvalue weighted by molar-refractivity contribution is 1.15. The van der Waals surface area contributed by atoms with Crippen LogP contribution in [0.3, 0.4) is 0 Å². The van der Waals surface area contributed by atoms with Crippen molar-refractivity contribution in [2.75, 3.05) is 9.80 Å². The SMILES string of the molecule is N#Cc1nc2c3nc(C#N)c(C#N)nc3c3nc(C#N)c(C#N)nc3c2nc1C#N.c1ccc(-c2ccc(N(c3ccc(-c4ccccc4)cc3)c3ccc(-c4ccc(N(c5ccc(-c6ccccc6)cc5)c5ccc(-c6ccccc6)cc5-c5ccccc5)cc4)cc3)cc2)cc1. The first kappa shape index (κ1) is 60.7. The molecule has 0 aliphatic heterocycles. The smallest absolute Gasteiger partial charge is 0.177 e. The number of nitrogens with zero attached hydrogens (tertiary/aromatic N) is 14. The third-order valence-corrected chi connectivity index (χ3v) is 16.7. The molecule has 3 aromatic heterocycles. The second-order valence-electron chi connectivity index (χ2n) is 22.5. The van der Waals surface area contributed by atoms with Gasteiger partial charge in [-0.2, -0.15) is 31.6 Å². The van der Waals surface area contributed by atoms with Crippen LogP contribution in [-0.2, 0) is 0 Å². The maximum absolute atomic E-state index is 9.29. The van der Waals surface area contributed by atoms with Gasteiger partial charge in [-0.05, 0) is 134 Å². The maximum Gasteiger partial charge on any atom is 0.177 e. The van der Waals surface area contributed by atoms with Crippen molar-refractivity contribution in [3.8, 4) is 103 Å². The van der Waals surface area contributed by atoms with Crippen LogP contribution in [-0.4, -0.2) is 29.9 Å². The highest BCUT2D eigenvalue weighted by atomic mass is 15.1. The first-order valence-corrected chi connectivity index (χ1v) is 31.0. The van der Waals surface area contributed by atoms with Gasteiger partial charge in [0.05, 0.1) is 5.69 Å². The Kier molecular flexibility index (Phi) is 16.9. The van der Waals surface area contributed by atoms with E-state index in [2.05, 4.69) is 331 Å². The normalized spacial score (nSPS) is 10.6. The topological polar surface area (TPSA) is 227 Å². The molecule has 0 aliphatic rings. The number of aromatic nitrogens is 6. The Bertz CT molecular complexity index is 5320. The van der Waals surface area contributed by atoms with Crippen LogP contribution in [0.4, 0.5) is 34.1 Å². The molecule has 0 unspecified atom stereocenters.